The van der Waals surface area contributed by atoms with Gasteiger partial charge in [-0.2, -0.15) is 0 Å². The van der Waals surface area contributed by atoms with Crippen molar-refractivity contribution in [3.05, 3.63) is 101 Å². The molecule has 4 heteroatoms. The number of hydrogen-bond donors (Lipinski definition) is 0. The summed E-state index contributed by atoms with van der Waals surface area (Å²) in [6.45, 7) is 6.36. The summed E-state index contributed by atoms with van der Waals surface area (Å²) in [6.07, 6.45) is 3.12. The fourth-order valence-electron chi connectivity index (χ4n) is 2.99. The van der Waals surface area contributed by atoms with Gasteiger partial charge in [0.1, 0.15) is 11.5 Å². The summed E-state index contributed by atoms with van der Waals surface area (Å²) in [6, 6.07) is 21.4. The molecule has 0 bridgehead atoms. The fraction of sp³-hybridized carbons (Fsp3) is 0.185. The van der Waals surface area contributed by atoms with Gasteiger partial charge in [0.25, 0.3) is 0 Å². The lowest BCUT2D eigenvalue weighted by Gasteiger charge is -2.19. The largest absolute Gasteiger partial charge is 0.497 e. The molecule has 3 aromatic carbocycles. The molecular formula is C27H26O4. The molecule has 0 radical (unpaired) electrons. The highest BCUT2D eigenvalue weighted by molar-refractivity contribution is 6.07. The maximum absolute atomic E-state index is 12.6. The number of para-hydroxylation sites is 1. The molecular weight excluding hydrogens is 388 g/mol. The van der Waals surface area contributed by atoms with Gasteiger partial charge in [-0.25, -0.2) is 4.79 Å². The number of ketones is 1. The van der Waals surface area contributed by atoms with E-state index in [-0.39, 0.29) is 11.2 Å². The van der Waals surface area contributed by atoms with Crippen LogP contribution < -0.4 is 9.47 Å². The van der Waals surface area contributed by atoms with Crippen LogP contribution in [-0.4, -0.2) is 18.9 Å². The number of hydrogen-bond acceptors (Lipinski definition) is 4. The molecule has 0 fully saturated rings. The van der Waals surface area contributed by atoms with Gasteiger partial charge in [0.05, 0.1) is 12.7 Å². The molecule has 0 aliphatic heterocycles. The average Bonchev–Trinajstić information content (AvgIpc) is 2.78. The third-order valence-electron chi connectivity index (χ3n) is 4.90. The van der Waals surface area contributed by atoms with Gasteiger partial charge in [0.2, 0.25) is 0 Å². The molecule has 0 saturated carbocycles. The zero-order chi connectivity index (χ0) is 22.4. The Hall–Kier alpha value is -3.66. The van der Waals surface area contributed by atoms with Gasteiger partial charge in [0.15, 0.2) is 5.78 Å². The second kappa shape index (κ2) is 9.43. The van der Waals surface area contributed by atoms with E-state index < -0.39 is 5.97 Å². The van der Waals surface area contributed by atoms with Crippen LogP contribution in [0.1, 0.15) is 52.6 Å². The summed E-state index contributed by atoms with van der Waals surface area (Å²) in [7, 11) is 1.58. The lowest BCUT2D eigenvalue weighted by Crippen LogP contribution is -2.13. The van der Waals surface area contributed by atoms with Crippen molar-refractivity contribution in [2.75, 3.05) is 7.11 Å². The van der Waals surface area contributed by atoms with E-state index in [0.29, 0.717) is 28.2 Å². The number of benzene rings is 3. The van der Waals surface area contributed by atoms with Crippen molar-refractivity contribution in [1.29, 1.82) is 0 Å². The Balaban J connectivity index is 1.74. The predicted octanol–water partition coefficient (Wildman–Crippen LogP) is 6.11. The highest BCUT2D eigenvalue weighted by Crippen LogP contribution is 2.24. The van der Waals surface area contributed by atoms with Crippen LogP contribution in [0.15, 0.2) is 78.9 Å². The molecule has 3 aromatic rings. The van der Waals surface area contributed by atoms with Crippen LogP contribution in [0.3, 0.4) is 0 Å². The molecule has 0 aliphatic rings. The van der Waals surface area contributed by atoms with Crippen molar-refractivity contribution in [3.8, 4) is 11.5 Å². The number of allylic oxidation sites excluding steroid dienone is 1. The molecule has 0 spiro atoms. The van der Waals surface area contributed by atoms with E-state index in [1.54, 1.807) is 67.8 Å². The van der Waals surface area contributed by atoms with Crippen molar-refractivity contribution in [1.82, 2.24) is 0 Å². The quantitative estimate of drug-likeness (QED) is 0.211. The van der Waals surface area contributed by atoms with Crippen LogP contribution in [-0.2, 0) is 5.41 Å². The normalized spacial score (nSPS) is 11.4. The molecule has 0 atom stereocenters. The van der Waals surface area contributed by atoms with Gasteiger partial charge < -0.3 is 9.47 Å². The summed E-state index contributed by atoms with van der Waals surface area (Å²) >= 11 is 0. The highest BCUT2D eigenvalue weighted by Gasteiger charge is 2.16. The Morgan fingerprint density at radius 2 is 1.42 bits per heavy atom. The molecule has 158 valence electrons. The molecule has 3 rings (SSSR count). The maximum atomic E-state index is 12.6. The smallest absolute Gasteiger partial charge is 0.343 e. The third kappa shape index (κ3) is 5.70. The fourth-order valence-corrected chi connectivity index (χ4v) is 2.99. The number of ether oxygens (including phenoxy) is 2. The average molecular weight is 415 g/mol. The van der Waals surface area contributed by atoms with Gasteiger partial charge >= 0.3 is 5.97 Å². The van der Waals surface area contributed by atoms with E-state index in [1.807, 2.05) is 18.2 Å². The summed E-state index contributed by atoms with van der Waals surface area (Å²) in [4.78, 5) is 25.1. The number of rotatable bonds is 6. The van der Waals surface area contributed by atoms with E-state index >= 15 is 0 Å². The van der Waals surface area contributed by atoms with E-state index in [4.69, 9.17) is 9.47 Å². The molecule has 0 aromatic heterocycles. The Morgan fingerprint density at radius 1 is 0.806 bits per heavy atom. The van der Waals surface area contributed by atoms with E-state index in [2.05, 4.69) is 20.8 Å². The molecule has 4 nitrogen and oxygen atoms in total. The van der Waals surface area contributed by atoms with Crippen molar-refractivity contribution in [2.45, 2.75) is 26.2 Å². The first kappa shape index (κ1) is 22.0. The molecule has 31 heavy (non-hydrogen) atoms. The van der Waals surface area contributed by atoms with Crippen molar-refractivity contribution in [2.24, 2.45) is 0 Å². The third-order valence-corrected chi connectivity index (χ3v) is 4.90. The van der Waals surface area contributed by atoms with E-state index in [9.17, 15) is 9.59 Å². The van der Waals surface area contributed by atoms with Gasteiger partial charge in [-0.1, -0.05) is 51.1 Å². The first-order chi connectivity index (χ1) is 14.8. The van der Waals surface area contributed by atoms with E-state index in [0.717, 1.165) is 5.56 Å². The number of esters is 1. The summed E-state index contributed by atoms with van der Waals surface area (Å²) in [5.74, 6) is 0.490. The van der Waals surface area contributed by atoms with Crippen molar-refractivity contribution in [3.63, 3.8) is 0 Å². The molecule has 0 N–H and O–H groups in total. The zero-order valence-corrected chi connectivity index (χ0v) is 18.2. The second-order valence-corrected chi connectivity index (χ2v) is 8.18. The first-order valence-corrected chi connectivity index (χ1v) is 10.1. The minimum Gasteiger partial charge on any atom is -0.497 e. The standard InChI is InChI=1S/C27H26O4/c1-27(2,3)22-14-9-21(10-15-22)26(29)31-25-8-6-5-7-20(25)13-18-24(28)19-11-16-23(30-4)17-12-19/h5-18H,1-4H3. The number of carbonyl (C=O) groups excluding carboxylic acids is 2. The minimum atomic E-state index is -0.442. The molecule has 0 amide bonds. The van der Waals surface area contributed by atoms with Crippen LogP contribution >= 0.6 is 0 Å². The minimum absolute atomic E-state index is 0.0102. The first-order valence-electron chi connectivity index (χ1n) is 10.1. The SMILES string of the molecule is COc1ccc(C(=O)C=Cc2ccccc2OC(=O)c2ccc(C(C)(C)C)cc2)cc1. The highest BCUT2D eigenvalue weighted by atomic mass is 16.5. The Bertz CT molecular complexity index is 1090. The Labute approximate surface area is 183 Å². The Kier molecular flexibility index (Phi) is 6.71. The van der Waals surface area contributed by atoms with E-state index in [1.165, 1.54) is 6.08 Å². The molecule has 0 heterocycles. The van der Waals surface area contributed by atoms with Crippen molar-refractivity contribution >= 4 is 17.8 Å². The van der Waals surface area contributed by atoms with Gasteiger partial charge in [-0.15, -0.1) is 0 Å². The Morgan fingerprint density at radius 3 is 2.03 bits per heavy atom. The lowest BCUT2D eigenvalue weighted by atomic mass is 9.87. The summed E-state index contributed by atoms with van der Waals surface area (Å²) in [5.41, 5.74) is 2.82. The molecule has 0 aliphatic carbocycles. The molecule has 0 unspecified atom stereocenters. The zero-order valence-electron chi connectivity index (χ0n) is 18.2. The van der Waals surface area contributed by atoms with Gasteiger partial charge in [0, 0.05) is 11.1 Å². The van der Waals surface area contributed by atoms with Gasteiger partial charge in [-0.3, -0.25) is 4.79 Å². The second-order valence-electron chi connectivity index (χ2n) is 8.18. The topological polar surface area (TPSA) is 52.6 Å². The maximum Gasteiger partial charge on any atom is 0.343 e. The summed E-state index contributed by atoms with van der Waals surface area (Å²) < 4.78 is 10.7. The summed E-state index contributed by atoms with van der Waals surface area (Å²) in [5, 5.41) is 0. The van der Waals surface area contributed by atoms with Crippen LogP contribution in [0.2, 0.25) is 0 Å². The van der Waals surface area contributed by atoms with Crippen LogP contribution in [0, 0.1) is 0 Å². The molecule has 0 saturated heterocycles. The lowest BCUT2D eigenvalue weighted by molar-refractivity contribution is 0.0734. The monoisotopic (exact) mass is 414 g/mol. The number of carbonyl (C=O) groups is 2. The van der Waals surface area contributed by atoms with Gasteiger partial charge in [-0.05, 0) is 65.6 Å². The van der Waals surface area contributed by atoms with Crippen LogP contribution in [0.4, 0.5) is 0 Å². The van der Waals surface area contributed by atoms with Crippen LogP contribution in [0.5, 0.6) is 11.5 Å². The van der Waals surface area contributed by atoms with Crippen molar-refractivity contribution < 1.29 is 19.1 Å². The van der Waals surface area contributed by atoms with Crippen LogP contribution in [0.25, 0.3) is 6.08 Å². The predicted molar refractivity (Wildman–Crippen MR) is 123 cm³/mol. The number of methoxy groups -OCH3 is 1.